The highest BCUT2D eigenvalue weighted by molar-refractivity contribution is 5.17. The summed E-state index contributed by atoms with van der Waals surface area (Å²) in [5.74, 6) is -1.55. The monoisotopic (exact) mass is 268 g/mol. The van der Waals surface area contributed by atoms with Gasteiger partial charge in [0.05, 0.1) is 0 Å². The number of hydrogen-bond donors (Lipinski definition) is 1. The van der Waals surface area contributed by atoms with E-state index >= 15 is 0 Å². The minimum Gasteiger partial charge on any atom is -0.312 e. The first-order chi connectivity index (χ1) is 8.87. The van der Waals surface area contributed by atoms with Crippen LogP contribution in [-0.2, 0) is 6.54 Å². The van der Waals surface area contributed by atoms with Crippen molar-refractivity contribution >= 4 is 0 Å². The second-order valence-electron chi connectivity index (χ2n) is 6.12. The first kappa shape index (κ1) is 14.4. The van der Waals surface area contributed by atoms with Crippen molar-refractivity contribution in [2.75, 3.05) is 13.6 Å². The second-order valence-corrected chi connectivity index (χ2v) is 6.12. The van der Waals surface area contributed by atoms with Crippen LogP contribution in [0.1, 0.15) is 32.3 Å². The molecule has 0 bridgehead atoms. The Morgan fingerprint density at radius 3 is 2.68 bits per heavy atom. The van der Waals surface area contributed by atoms with Gasteiger partial charge in [-0.25, -0.2) is 8.78 Å². The molecule has 0 radical (unpaired) electrons. The van der Waals surface area contributed by atoms with E-state index in [1.54, 1.807) is 6.07 Å². The number of rotatable bonds is 3. The minimum atomic E-state index is -0.783. The number of hydrogen-bond acceptors (Lipinski definition) is 2. The van der Waals surface area contributed by atoms with E-state index in [4.69, 9.17) is 0 Å². The normalized spacial score (nSPS) is 22.7. The molecule has 1 heterocycles. The lowest BCUT2D eigenvalue weighted by Crippen LogP contribution is -2.52. The van der Waals surface area contributed by atoms with Crippen molar-refractivity contribution in [3.8, 4) is 0 Å². The topological polar surface area (TPSA) is 15.3 Å². The van der Waals surface area contributed by atoms with Gasteiger partial charge in [0.2, 0.25) is 0 Å². The summed E-state index contributed by atoms with van der Waals surface area (Å²) in [6, 6.07) is 4.62. The molecule has 106 valence electrons. The molecule has 1 saturated heterocycles. The Labute approximate surface area is 113 Å². The minimum absolute atomic E-state index is 0.144. The van der Waals surface area contributed by atoms with Crippen molar-refractivity contribution in [3.05, 3.63) is 35.4 Å². The SMILES string of the molecule is CN(Cc1ccc(F)c(F)c1)C1CCNC(C)(C)C1. The molecule has 0 saturated carbocycles. The van der Waals surface area contributed by atoms with Gasteiger partial charge in [-0.15, -0.1) is 0 Å². The maximum atomic E-state index is 13.2. The van der Waals surface area contributed by atoms with Crippen LogP contribution in [0.2, 0.25) is 0 Å². The van der Waals surface area contributed by atoms with E-state index < -0.39 is 11.6 Å². The lowest BCUT2D eigenvalue weighted by atomic mass is 9.88. The Balaban J connectivity index is 2.00. The van der Waals surface area contributed by atoms with Gasteiger partial charge in [-0.3, -0.25) is 4.90 Å². The van der Waals surface area contributed by atoms with Crippen LogP contribution >= 0.6 is 0 Å². The largest absolute Gasteiger partial charge is 0.312 e. The van der Waals surface area contributed by atoms with Crippen LogP contribution in [0.3, 0.4) is 0 Å². The molecule has 4 heteroatoms. The molecule has 1 atom stereocenters. The number of halogens is 2. The van der Waals surface area contributed by atoms with Gasteiger partial charge in [0.25, 0.3) is 0 Å². The summed E-state index contributed by atoms with van der Waals surface area (Å²) < 4.78 is 26.1. The molecule has 1 N–H and O–H groups in total. The first-order valence-corrected chi connectivity index (χ1v) is 6.76. The summed E-state index contributed by atoms with van der Waals surface area (Å²) in [6.45, 7) is 6.05. The Morgan fingerprint density at radius 2 is 2.05 bits per heavy atom. The van der Waals surface area contributed by atoms with Crippen LogP contribution in [-0.4, -0.2) is 30.1 Å². The van der Waals surface area contributed by atoms with Gasteiger partial charge in [-0.05, 0) is 58.0 Å². The van der Waals surface area contributed by atoms with Gasteiger partial charge >= 0.3 is 0 Å². The van der Waals surface area contributed by atoms with Crippen molar-refractivity contribution in [2.45, 2.75) is 44.8 Å². The number of nitrogens with zero attached hydrogens (tertiary/aromatic N) is 1. The van der Waals surface area contributed by atoms with E-state index in [-0.39, 0.29) is 5.54 Å². The second kappa shape index (κ2) is 5.55. The number of piperidine rings is 1. The fourth-order valence-corrected chi connectivity index (χ4v) is 2.77. The molecular formula is C15H22F2N2. The van der Waals surface area contributed by atoms with Crippen molar-refractivity contribution in [1.29, 1.82) is 0 Å². The van der Waals surface area contributed by atoms with Crippen LogP contribution in [0.5, 0.6) is 0 Å². The molecule has 0 aromatic heterocycles. The molecule has 0 spiro atoms. The van der Waals surface area contributed by atoms with E-state index in [1.807, 2.05) is 7.05 Å². The lowest BCUT2D eigenvalue weighted by Gasteiger charge is -2.40. The zero-order valence-electron chi connectivity index (χ0n) is 11.8. The molecule has 1 fully saturated rings. The quantitative estimate of drug-likeness (QED) is 0.906. The van der Waals surface area contributed by atoms with Crippen molar-refractivity contribution < 1.29 is 8.78 Å². The summed E-state index contributed by atoms with van der Waals surface area (Å²) in [5.41, 5.74) is 0.961. The van der Waals surface area contributed by atoms with Crippen LogP contribution < -0.4 is 5.32 Å². The summed E-state index contributed by atoms with van der Waals surface area (Å²) in [6.07, 6.45) is 2.15. The third-order valence-corrected chi connectivity index (χ3v) is 3.87. The Morgan fingerprint density at radius 1 is 1.32 bits per heavy atom. The maximum absolute atomic E-state index is 13.2. The highest BCUT2D eigenvalue weighted by Crippen LogP contribution is 2.23. The molecule has 2 nitrogen and oxygen atoms in total. The van der Waals surface area contributed by atoms with Crippen molar-refractivity contribution in [1.82, 2.24) is 10.2 Å². The Kier molecular flexibility index (Phi) is 4.21. The average Bonchev–Trinajstić information content (AvgIpc) is 2.32. The molecule has 1 aliphatic rings. The van der Waals surface area contributed by atoms with Crippen LogP contribution in [0.15, 0.2) is 18.2 Å². The Bertz CT molecular complexity index is 446. The summed E-state index contributed by atoms with van der Waals surface area (Å²) >= 11 is 0. The van der Waals surface area contributed by atoms with E-state index in [2.05, 4.69) is 24.1 Å². The van der Waals surface area contributed by atoms with Crippen LogP contribution in [0, 0.1) is 11.6 Å². The van der Waals surface area contributed by atoms with E-state index in [9.17, 15) is 8.78 Å². The highest BCUT2D eigenvalue weighted by Gasteiger charge is 2.29. The zero-order chi connectivity index (χ0) is 14.0. The van der Waals surface area contributed by atoms with Crippen LogP contribution in [0.4, 0.5) is 8.78 Å². The summed E-state index contributed by atoms with van der Waals surface area (Å²) in [7, 11) is 2.05. The predicted octanol–water partition coefficient (Wildman–Crippen LogP) is 2.93. The smallest absolute Gasteiger partial charge is 0.159 e. The average molecular weight is 268 g/mol. The molecule has 19 heavy (non-hydrogen) atoms. The fourth-order valence-electron chi connectivity index (χ4n) is 2.77. The van der Waals surface area contributed by atoms with E-state index in [0.29, 0.717) is 12.6 Å². The number of nitrogens with one attached hydrogen (secondary N) is 1. The molecule has 0 amide bonds. The molecule has 1 aromatic rings. The third-order valence-electron chi connectivity index (χ3n) is 3.87. The summed E-state index contributed by atoms with van der Waals surface area (Å²) in [4.78, 5) is 2.23. The number of benzene rings is 1. The van der Waals surface area contributed by atoms with E-state index in [0.717, 1.165) is 24.9 Å². The third kappa shape index (κ3) is 3.74. The van der Waals surface area contributed by atoms with Gasteiger partial charge in [-0.2, -0.15) is 0 Å². The summed E-state index contributed by atoms with van der Waals surface area (Å²) in [5, 5.41) is 3.49. The first-order valence-electron chi connectivity index (χ1n) is 6.76. The van der Waals surface area contributed by atoms with E-state index in [1.165, 1.54) is 12.1 Å². The molecule has 0 aliphatic carbocycles. The Hall–Kier alpha value is -1.00. The molecule has 1 unspecified atom stereocenters. The van der Waals surface area contributed by atoms with Gasteiger partial charge in [-0.1, -0.05) is 6.07 Å². The van der Waals surface area contributed by atoms with Gasteiger partial charge < -0.3 is 5.32 Å². The maximum Gasteiger partial charge on any atom is 0.159 e. The van der Waals surface area contributed by atoms with Crippen molar-refractivity contribution in [3.63, 3.8) is 0 Å². The van der Waals surface area contributed by atoms with Gasteiger partial charge in [0.1, 0.15) is 0 Å². The molecule has 1 aliphatic heterocycles. The van der Waals surface area contributed by atoms with Crippen molar-refractivity contribution in [2.24, 2.45) is 0 Å². The molecule has 1 aromatic carbocycles. The standard InChI is InChI=1S/C15H22F2N2/c1-15(2)9-12(6-7-18-15)19(3)10-11-4-5-13(16)14(17)8-11/h4-5,8,12,18H,6-7,9-10H2,1-3H3. The van der Waals surface area contributed by atoms with Gasteiger partial charge in [0, 0.05) is 18.1 Å². The molecule has 2 rings (SSSR count). The predicted molar refractivity (Wildman–Crippen MR) is 72.9 cm³/mol. The van der Waals surface area contributed by atoms with Crippen LogP contribution in [0.25, 0.3) is 0 Å². The fraction of sp³-hybridized carbons (Fsp3) is 0.600. The molecular weight excluding hydrogens is 246 g/mol. The zero-order valence-corrected chi connectivity index (χ0v) is 11.8. The lowest BCUT2D eigenvalue weighted by molar-refractivity contribution is 0.138. The van der Waals surface area contributed by atoms with Gasteiger partial charge in [0.15, 0.2) is 11.6 Å². The highest BCUT2D eigenvalue weighted by atomic mass is 19.2.